The van der Waals surface area contributed by atoms with E-state index in [1.807, 2.05) is 19.2 Å². The molecule has 28 heavy (non-hydrogen) atoms. The number of ether oxygens (including phenoxy) is 2. The largest absolute Gasteiger partial charge is 0.493 e. The first kappa shape index (κ1) is 18.8. The number of hydrogen-bond donors (Lipinski definition) is 1. The lowest BCUT2D eigenvalue weighted by atomic mass is 9.94. The van der Waals surface area contributed by atoms with Crippen molar-refractivity contribution in [3.63, 3.8) is 0 Å². The van der Waals surface area contributed by atoms with Crippen molar-refractivity contribution in [1.82, 2.24) is 14.9 Å². The summed E-state index contributed by atoms with van der Waals surface area (Å²) in [6.07, 6.45) is 4.27. The Hall–Kier alpha value is -2.53. The van der Waals surface area contributed by atoms with Crippen LogP contribution >= 0.6 is 0 Å². The van der Waals surface area contributed by atoms with Gasteiger partial charge in [-0.1, -0.05) is 0 Å². The number of H-pyrrole nitrogens is 1. The number of methoxy groups -OCH3 is 1. The van der Waals surface area contributed by atoms with Crippen LogP contribution in [0.4, 0.5) is 0 Å². The van der Waals surface area contributed by atoms with Gasteiger partial charge in [-0.3, -0.25) is 4.90 Å². The molecule has 148 valence electrons. The SMILES string of the molecule is CCOc1cc(CN2CCCC(c3cc4cccnc4[nH]3)C2)c(C)cc1OC. The quantitative estimate of drug-likeness (QED) is 0.677. The Morgan fingerprint density at radius 3 is 2.93 bits per heavy atom. The van der Waals surface area contributed by atoms with Crippen LogP contribution in [0.1, 0.15) is 42.5 Å². The van der Waals surface area contributed by atoms with Gasteiger partial charge in [0.25, 0.3) is 0 Å². The molecule has 3 heterocycles. The van der Waals surface area contributed by atoms with Gasteiger partial charge in [0.2, 0.25) is 0 Å². The molecule has 1 aliphatic rings. The molecule has 4 rings (SSSR count). The van der Waals surface area contributed by atoms with Gasteiger partial charge >= 0.3 is 0 Å². The zero-order valence-corrected chi connectivity index (χ0v) is 17.0. The van der Waals surface area contributed by atoms with Crippen molar-refractivity contribution in [2.45, 2.75) is 39.2 Å². The number of nitrogens with zero attached hydrogens (tertiary/aromatic N) is 2. The molecule has 1 fully saturated rings. The Balaban J connectivity index is 1.51. The molecule has 1 saturated heterocycles. The molecule has 1 aromatic carbocycles. The maximum absolute atomic E-state index is 5.78. The summed E-state index contributed by atoms with van der Waals surface area (Å²) in [7, 11) is 1.70. The third-order valence-corrected chi connectivity index (χ3v) is 5.67. The average molecular weight is 380 g/mol. The minimum absolute atomic E-state index is 0.521. The highest BCUT2D eigenvalue weighted by atomic mass is 16.5. The maximum atomic E-state index is 5.78. The van der Waals surface area contributed by atoms with Gasteiger partial charge in [0, 0.05) is 36.3 Å². The normalized spacial score (nSPS) is 17.8. The Morgan fingerprint density at radius 2 is 2.14 bits per heavy atom. The van der Waals surface area contributed by atoms with Gasteiger partial charge in [-0.2, -0.15) is 0 Å². The average Bonchev–Trinajstić information content (AvgIpc) is 3.15. The molecular weight excluding hydrogens is 350 g/mol. The number of aromatic amines is 1. The second-order valence-corrected chi connectivity index (χ2v) is 7.60. The predicted molar refractivity (Wildman–Crippen MR) is 112 cm³/mol. The van der Waals surface area contributed by atoms with E-state index < -0.39 is 0 Å². The molecule has 0 saturated carbocycles. The Bertz CT molecular complexity index is 917. The first-order chi connectivity index (χ1) is 13.7. The minimum Gasteiger partial charge on any atom is -0.493 e. The number of aryl methyl sites for hydroxylation is 1. The molecule has 0 aliphatic carbocycles. The van der Waals surface area contributed by atoms with Crippen LogP contribution in [-0.2, 0) is 6.54 Å². The highest BCUT2D eigenvalue weighted by Gasteiger charge is 2.23. The fourth-order valence-electron chi connectivity index (χ4n) is 4.19. The Morgan fingerprint density at radius 1 is 1.25 bits per heavy atom. The summed E-state index contributed by atoms with van der Waals surface area (Å²) in [5, 5.41) is 1.20. The predicted octanol–water partition coefficient (Wildman–Crippen LogP) is 4.66. The fraction of sp³-hybridized carbons (Fsp3) is 0.435. The second-order valence-electron chi connectivity index (χ2n) is 7.60. The van der Waals surface area contributed by atoms with Crippen LogP contribution in [0.15, 0.2) is 36.5 Å². The molecule has 0 radical (unpaired) electrons. The topological polar surface area (TPSA) is 50.4 Å². The lowest BCUT2D eigenvalue weighted by Crippen LogP contribution is -2.34. The Labute approximate surface area is 166 Å². The molecule has 3 aromatic rings. The Kier molecular flexibility index (Phi) is 5.53. The van der Waals surface area contributed by atoms with Crippen LogP contribution in [0.2, 0.25) is 0 Å². The van der Waals surface area contributed by atoms with E-state index in [0.29, 0.717) is 12.5 Å². The minimum atomic E-state index is 0.521. The molecule has 1 N–H and O–H groups in total. The van der Waals surface area contributed by atoms with Crippen LogP contribution < -0.4 is 9.47 Å². The van der Waals surface area contributed by atoms with Gasteiger partial charge in [0.05, 0.1) is 13.7 Å². The molecule has 5 heteroatoms. The van der Waals surface area contributed by atoms with Crippen molar-refractivity contribution in [3.8, 4) is 11.5 Å². The molecule has 1 aliphatic heterocycles. The zero-order valence-electron chi connectivity index (χ0n) is 17.0. The van der Waals surface area contributed by atoms with Crippen LogP contribution in [0.3, 0.4) is 0 Å². The zero-order chi connectivity index (χ0) is 19.5. The lowest BCUT2D eigenvalue weighted by molar-refractivity contribution is 0.198. The molecule has 0 bridgehead atoms. The van der Waals surface area contributed by atoms with E-state index in [2.05, 4.69) is 46.1 Å². The van der Waals surface area contributed by atoms with E-state index in [-0.39, 0.29) is 0 Å². The van der Waals surface area contributed by atoms with Crippen molar-refractivity contribution in [2.75, 3.05) is 26.8 Å². The van der Waals surface area contributed by atoms with Crippen molar-refractivity contribution >= 4 is 11.0 Å². The van der Waals surface area contributed by atoms with Gasteiger partial charge < -0.3 is 14.5 Å². The fourth-order valence-corrected chi connectivity index (χ4v) is 4.19. The summed E-state index contributed by atoms with van der Waals surface area (Å²) in [6.45, 7) is 7.92. The first-order valence-electron chi connectivity index (χ1n) is 10.1. The summed E-state index contributed by atoms with van der Waals surface area (Å²) < 4.78 is 11.3. The monoisotopic (exact) mass is 379 g/mol. The second kappa shape index (κ2) is 8.23. The van der Waals surface area contributed by atoms with E-state index in [4.69, 9.17) is 9.47 Å². The van der Waals surface area contributed by atoms with Crippen LogP contribution in [0.25, 0.3) is 11.0 Å². The van der Waals surface area contributed by atoms with Gasteiger partial charge in [0.1, 0.15) is 5.65 Å². The van der Waals surface area contributed by atoms with Crippen molar-refractivity contribution < 1.29 is 9.47 Å². The standard InChI is InChI=1S/C23H29N3O2/c1-4-28-22-13-19(16(2)11-21(22)27-3)15-26-10-6-8-18(14-26)20-12-17-7-5-9-24-23(17)25-20/h5,7,9,11-13,18H,4,6,8,10,14-15H2,1-3H3,(H,24,25). The number of likely N-dealkylation sites (tertiary alicyclic amines) is 1. The number of rotatable bonds is 6. The van der Waals surface area contributed by atoms with E-state index in [1.54, 1.807) is 7.11 Å². The molecular formula is C23H29N3O2. The van der Waals surface area contributed by atoms with Gasteiger partial charge in [-0.05, 0) is 74.7 Å². The third kappa shape index (κ3) is 3.85. The summed E-state index contributed by atoms with van der Waals surface area (Å²) in [4.78, 5) is 10.5. The van der Waals surface area contributed by atoms with Gasteiger partial charge in [-0.25, -0.2) is 4.98 Å². The van der Waals surface area contributed by atoms with Crippen LogP contribution in [0, 0.1) is 6.92 Å². The summed E-state index contributed by atoms with van der Waals surface area (Å²) >= 11 is 0. The van der Waals surface area contributed by atoms with E-state index in [9.17, 15) is 0 Å². The molecule has 1 unspecified atom stereocenters. The van der Waals surface area contributed by atoms with E-state index in [1.165, 1.54) is 35.0 Å². The smallest absolute Gasteiger partial charge is 0.161 e. The van der Waals surface area contributed by atoms with Crippen molar-refractivity contribution in [1.29, 1.82) is 0 Å². The molecule has 0 spiro atoms. The number of nitrogens with one attached hydrogen (secondary N) is 1. The summed E-state index contributed by atoms with van der Waals surface area (Å²) in [6, 6.07) is 10.6. The molecule has 0 amide bonds. The summed E-state index contributed by atoms with van der Waals surface area (Å²) in [5.41, 5.74) is 4.85. The number of aromatic nitrogens is 2. The highest BCUT2D eigenvalue weighted by molar-refractivity contribution is 5.76. The van der Waals surface area contributed by atoms with Gasteiger partial charge in [0.15, 0.2) is 11.5 Å². The van der Waals surface area contributed by atoms with E-state index in [0.717, 1.165) is 36.8 Å². The van der Waals surface area contributed by atoms with Crippen molar-refractivity contribution in [3.05, 3.63) is 53.3 Å². The summed E-state index contributed by atoms with van der Waals surface area (Å²) in [5.74, 6) is 2.17. The third-order valence-electron chi connectivity index (χ3n) is 5.67. The number of fused-ring (bicyclic) bond motifs is 1. The number of pyridine rings is 1. The number of hydrogen-bond acceptors (Lipinski definition) is 4. The molecule has 5 nitrogen and oxygen atoms in total. The van der Waals surface area contributed by atoms with Crippen molar-refractivity contribution in [2.24, 2.45) is 0 Å². The first-order valence-corrected chi connectivity index (χ1v) is 10.1. The van der Waals surface area contributed by atoms with Crippen LogP contribution in [0.5, 0.6) is 11.5 Å². The van der Waals surface area contributed by atoms with Crippen LogP contribution in [-0.4, -0.2) is 41.7 Å². The molecule has 2 aromatic heterocycles. The van der Waals surface area contributed by atoms with Gasteiger partial charge in [-0.15, -0.1) is 0 Å². The lowest BCUT2D eigenvalue weighted by Gasteiger charge is -2.33. The van der Waals surface area contributed by atoms with E-state index >= 15 is 0 Å². The molecule has 1 atom stereocenters. The maximum Gasteiger partial charge on any atom is 0.161 e. The number of benzene rings is 1. The number of piperidine rings is 1. The highest BCUT2D eigenvalue weighted by Crippen LogP contribution is 2.33.